The average molecular weight is 224 g/mol. The van der Waals surface area contributed by atoms with Gasteiger partial charge in [0.2, 0.25) is 0 Å². The van der Waals surface area contributed by atoms with Crippen LogP contribution in [0.1, 0.15) is 18.4 Å². The first-order valence-electron chi connectivity index (χ1n) is 4.91. The Morgan fingerprint density at radius 3 is 2.80 bits per heavy atom. The fourth-order valence-corrected chi connectivity index (χ4v) is 1.47. The number of nitrogens with one attached hydrogen (secondary N) is 1. The maximum atomic E-state index is 8.66. The highest BCUT2D eigenvalue weighted by Gasteiger charge is 2.00. The molecule has 1 aromatic carbocycles. The smallest absolute Gasteiger partial charge is 0.0992 e. The molecule has 0 aromatic heterocycles. The van der Waals surface area contributed by atoms with E-state index in [0.29, 0.717) is 17.1 Å². The van der Waals surface area contributed by atoms with Crippen molar-refractivity contribution in [1.29, 1.82) is 5.26 Å². The van der Waals surface area contributed by atoms with Crippen molar-refractivity contribution in [2.75, 3.05) is 18.4 Å². The molecule has 0 aliphatic rings. The SMILES string of the molecule is N#Cc1ccc(NCCCCN)c(Cl)c1. The van der Waals surface area contributed by atoms with Crippen molar-refractivity contribution < 1.29 is 0 Å². The van der Waals surface area contributed by atoms with Crippen LogP contribution in [0.25, 0.3) is 0 Å². The van der Waals surface area contributed by atoms with Crippen LogP contribution in [-0.2, 0) is 0 Å². The number of hydrogen-bond acceptors (Lipinski definition) is 3. The number of halogens is 1. The number of anilines is 1. The van der Waals surface area contributed by atoms with Crippen LogP contribution in [0.3, 0.4) is 0 Å². The topological polar surface area (TPSA) is 61.8 Å². The van der Waals surface area contributed by atoms with Gasteiger partial charge in [-0.2, -0.15) is 5.26 Å². The van der Waals surface area contributed by atoms with E-state index in [4.69, 9.17) is 22.6 Å². The van der Waals surface area contributed by atoms with Gasteiger partial charge in [0.1, 0.15) is 0 Å². The summed E-state index contributed by atoms with van der Waals surface area (Å²) in [6, 6.07) is 7.27. The zero-order chi connectivity index (χ0) is 11.1. The molecule has 0 bridgehead atoms. The molecular weight excluding hydrogens is 210 g/mol. The molecule has 4 heteroatoms. The molecule has 0 saturated carbocycles. The molecule has 80 valence electrons. The van der Waals surface area contributed by atoms with Crippen LogP contribution < -0.4 is 11.1 Å². The van der Waals surface area contributed by atoms with Crippen LogP contribution >= 0.6 is 11.6 Å². The van der Waals surface area contributed by atoms with Gasteiger partial charge in [-0.1, -0.05) is 11.6 Å². The molecule has 1 rings (SSSR count). The average Bonchev–Trinajstić information content (AvgIpc) is 2.26. The van der Waals surface area contributed by atoms with Crippen LogP contribution in [0.15, 0.2) is 18.2 Å². The predicted molar refractivity (Wildman–Crippen MR) is 62.9 cm³/mol. The fraction of sp³-hybridized carbons (Fsp3) is 0.364. The van der Waals surface area contributed by atoms with Crippen molar-refractivity contribution in [2.24, 2.45) is 5.73 Å². The second-order valence-corrected chi connectivity index (χ2v) is 3.64. The first kappa shape index (κ1) is 11.8. The molecule has 0 aliphatic carbocycles. The lowest BCUT2D eigenvalue weighted by Crippen LogP contribution is -2.05. The third kappa shape index (κ3) is 3.78. The van der Waals surface area contributed by atoms with Crippen LogP contribution in [0, 0.1) is 11.3 Å². The highest BCUT2D eigenvalue weighted by Crippen LogP contribution is 2.22. The Kier molecular flexibility index (Phi) is 4.96. The van der Waals surface area contributed by atoms with Crippen molar-refractivity contribution in [3.63, 3.8) is 0 Å². The summed E-state index contributed by atoms with van der Waals surface area (Å²) in [5.41, 5.74) is 6.83. The molecule has 0 atom stereocenters. The highest BCUT2D eigenvalue weighted by molar-refractivity contribution is 6.33. The predicted octanol–water partition coefficient (Wildman–Crippen LogP) is 2.36. The molecular formula is C11H14ClN3. The lowest BCUT2D eigenvalue weighted by atomic mass is 10.2. The summed E-state index contributed by atoms with van der Waals surface area (Å²) in [7, 11) is 0. The van der Waals surface area contributed by atoms with Crippen molar-refractivity contribution >= 4 is 17.3 Å². The summed E-state index contributed by atoms with van der Waals surface area (Å²) in [5, 5.41) is 12.4. The highest BCUT2D eigenvalue weighted by atomic mass is 35.5. The number of benzene rings is 1. The largest absolute Gasteiger partial charge is 0.384 e. The minimum Gasteiger partial charge on any atom is -0.384 e. The number of nitrogens with zero attached hydrogens (tertiary/aromatic N) is 1. The summed E-state index contributed by atoms with van der Waals surface area (Å²) in [6.07, 6.45) is 2.02. The molecule has 3 N–H and O–H groups in total. The first-order chi connectivity index (χ1) is 7.27. The van der Waals surface area contributed by atoms with E-state index >= 15 is 0 Å². The van der Waals surface area contributed by atoms with Gasteiger partial charge < -0.3 is 11.1 Å². The number of rotatable bonds is 5. The van der Waals surface area contributed by atoms with Gasteiger partial charge in [-0.15, -0.1) is 0 Å². The molecule has 0 fully saturated rings. The van der Waals surface area contributed by atoms with Gasteiger partial charge in [-0.3, -0.25) is 0 Å². The van der Waals surface area contributed by atoms with Crippen LogP contribution in [-0.4, -0.2) is 13.1 Å². The second-order valence-electron chi connectivity index (χ2n) is 3.23. The quantitative estimate of drug-likeness (QED) is 0.754. The van der Waals surface area contributed by atoms with E-state index in [1.807, 2.05) is 12.1 Å². The van der Waals surface area contributed by atoms with E-state index < -0.39 is 0 Å². The van der Waals surface area contributed by atoms with Crippen LogP contribution in [0.4, 0.5) is 5.69 Å². The van der Waals surface area contributed by atoms with Crippen LogP contribution in [0.5, 0.6) is 0 Å². The van der Waals surface area contributed by atoms with E-state index in [9.17, 15) is 0 Å². The lowest BCUT2D eigenvalue weighted by molar-refractivity contribution is 0.774. The maximum absolute atomic E-state index is 8.66. The normalized spacial score (nSPS) is 9.67. The van der Waals surface area contributed by atoms with Crippen molar-refractivity contribution in [1.82, 2.24) is 0 Å². The van der Waals surface area contributed by atoms with Gasteiger partial charge in [0, 0.05) is 6.54 Å². The van der Waals surface area contributed by atoms with Gasteiger partial charge in [-0.25, -0.2) is 0 Å². The Bertz CT molecular complexity index is 357. The minimum absolute atomic E-state index is 0.576. The molecule has 3 nitrogen and oxygen atoms in total. The summed E-state index contributed by atoms with van der Waals surface area (Å²) in [6.45, 7) is 1.56. The Balaban J connectivity index is 2.52. The van der Waals surface area contributed by atoms with E-state index in [1.54, 1.807) is 12.1 Å². The molecule has 0 aliphatic heterocycles. The fourth-order valence-electron chi connectivity index (χ4n) is 1.22. The van der Waals surface area contributed by atoms with Crippen molar-refractivity contribution in [2.45, 2.75) is 12.8 Å². The third-order valence-electron chi connectivity index (χ3n) is 2.04. The number of unbranched alkanes of at least 4 members (excludes halogenated alkanes) is 1. The van der Waals surface area contributed by atoms with E-state index in [2.05, 4.69) is 5.32 Å². The summed E-state index contributed by atoms with van der Waals surface area (Å²) >= 11 is 5.98. The maximum Gasteiger partial charge on any atom is 0.0992 e. The van der Waals surface area contributed by atoms with Gasteiger partial charge in [-0.05, 0) is 37.6 Å². The lowest BCUT2D eigenvalue weighted by Gasteiger charge is -2.07. The second kappa shape index (κ2) is 6.28. The van der Waals surface area contributed by atoms with E-state index in [-0.39, 0.29) is 0 Å². The Morgan fingerprint density at radius 2 is 2.20 bits per heavy atom. The Labute approximate surface area is 94.8 Å². The third-order valence-corrected chi connectivity index (χ3v) is 2.36. The zero-order valence-electron chi connectivity index (χ0n) is 8.46. The molecule has 0 heterocycles. The Morgan fingerprint density at radius 1 is 1.40 bits per heavy atom. The molecule has 0 saturated heterocycles. The number of nitriles is 1. The monoisotopic (exact) mass is 223 g/mol. The van der Waals surface area contributed by atoms with E-state index in [1.165, 1.54) is 0 Å². The molecule has 15 heavy (non-hydrogen) atoms. The standard InChI is InChI=1S/C11H14ClN3/c12-10-7-9(8-14)3-4-11(10)15-6-2-1-5-13/h3-4,7,15H,1-2,5-6,13H2. The van der Waals surface area contributed by atoms with Crippen LogP contribution in [0.2, 0.25) is 5.02 Å². The molecule has 0 unspecified atom stereocenters. The molecule has 1 aromatic rings. The summed E-state index contributed by atoms with van der Waals surface area (Å²) in [5.74, 6) is 0. The summed E-state index contributed by atoms with van der Waals surface area (Å²) < 4.78 is 0. The van der Waals surface area contributed by atoms with Gasteiger partial charge in [0.05, 0.1) is 22.3 Å². The molecule has 0 amide bonds. The molecule has 0 radical (unpaired) electrons. The summed E-state index contributed by atoms with van der Waals surface area (Å²) in [4.78, 5) is 0. The molecule has 0 spiro atoms. The first-order valence-corrected chi connectivity index (χ1v) is 5.29. The number of hydrogen-bond donors (Lipinski definition) is 2. The zero-order valence-corrected chi connectivity index (χ0v) is 9.22. The minimum atomic E-state index is 0.576. The van der Waals surface area contributed by atoms with Gasteiger partial charge in [0.15, 0.2) is 0 Å². The Hall–Kier alpha value is -1.24. The van der Waals surface area contributed by atoms with Crippen molar-refractivity contribution in [3.05, 3.63) is 28.8 Å². The number of nitrogens with two attached hydrogens (primary N) is 1. The van der Waals surface area contributed by atoms with Crippen molar-refractivity contribution in [3.8, 4) is 6.07 Å². The van der Waals surface area contributed by atoms with Gasteiger partial charge >= 0.3 is 0 Å². The van der Waals surface area contributed by atoms with Gasteiger partial charge in [0.25, 0.3) is 0 Å². The van der Waals surface area contributed by atoms with E-state index in [0.717, 1.165) is 25.1 Å².